The molecular formula is C20H21N5OS3. The van der Waals surface area contributed by atoms with Crippen molar-refractivity contribution in [2.45, 2.75) is 44.2 Å². The first-order chi connectivity index (χ1) is 13.8. The number of H-pyrrole nitrogens is 1. The summed E-state index contributed by atoms with van der Waals surface area (Å²) in [5, 5.41) is 13.3. The summed E-state index contributed by atoms with van der Waals surface area (Å²) in [7, 11) is 0. The summed E-state index contributed by atoms with van der Waals surface area (Å²) in [6.45, 7) is 10.2. The highest BCUT2D eigenvalue weighted by Gasteiger charge is 2.18. The molecule has 150 valence electrons. The Bertz CT molecular complexity index is 1260. The second-order valence-corrected chi connectivity index (χ2v) is 10.7. The number of anilines is 2. The third kappa shape index (κ3) is 3.94. The van der Waals surface area contributed by atoms with Gasteiger partial charge in [0.2, 0.25) is 5.13 Å². The number of rotatable bonds is 5. The molecule has 0 fully saturated rings. The molecule has 0 aliphatic carbocycles. The van der Waals surface area contributed by atoms with Gasteiger partial charge in [0.1, 0.15) is 10.7 Å². The lowest BCUT2D eigenvalue weighted by Crippen LogP contribution is -2.12. The molecule has 29 heavy (non-hydrogen) atoms. The van der Waals surface area contributed by atoms with E-state index in [1.54, 1.807) is 23.1 Å². The number of aromatic amines is 1. The van der Waals surface area contributed by atoms with Crippen molar-refractivity contribution in [3.8, 4) is 0 Å². The summed E-state index contributed by atoms with van der Waals surface area (Å²) >= 11 is 4.60. The van der Waals surface area contributed by atoms with Gasteiger partial charge in [0.25, 0.3) is 5.56 Å². The van der Waals surface area contributed by atoms with E-state index in [1.165, 1.54) is 22.5 Å². The molecule has 0 aliphatic heterocycles. The van der Waals surface area contributed by atoms with E-state index in [9.17, 15) is 4.79 Å². The topological polar surface area (TPSA) is 83.6 Å². The molecule has 3 heterocycles. The molecule has 0 saturated carbocycles. The minimum atomic E-state index is -0.0751. The number of aromatic nitrogens is 4. The maximum Gasteiger partial charge on any atom is 0.259 e. The van der Waals surface area contributed by atoms with E-state index in [0.29, 0.717) is 11.2 Å². The summed E-state index contributed by atoms with van der Waals surface area (Å²) < 4.78 is 0.826. The van der Waals surface area contributed by atoms with E-state index < -0.39 is 0 Å². The largest absolute Gasteiger partial charge is 0.330 e. The monoisotopic (exact) mass is 443 g/mol. The van der Waals surface area contributed by atoms with Crippen LogP contribution in [0.3, 0.4) is 0 Å². The second kappa shape index (κ2) is 7.89. The van der Waals surface area contributed by atoms with Crippen LogP contribution in [0.25, 0.3) is 10.2 Å². The van der Waals surface area contributed by atoms with Gasteiger partial charge in [-0.05, 0) is 57.4 Å². The minimum Gasteiger partial charge on any atom is -0.330 e. The first-order valence-corrected chi connectivity index (χ1v) is 11.7. The standard InChI is InChI=1S/C20H21N5OS3/c1-9-7-6-8-14(10(9)2)21-19-24-25-20(29-19)28-13(5)16-22-17(26)15-11(3)12(4)27-18(15)23-16/h6-8,13H,1-5H3,(H,21,24)(H,22,23,26). The molecule has 0 spiro atoms. The van der Waals surface area contributed by atoms with Crippen molar-refractivity contribution >= 4 is 55.5 Å². The van der Waals surface area contributed by atoms with Crippen LogP contribution < -0.4 is 10.9 Å². The van der Waals surface area contributed by atoms with Crippen LogP contribution in [0, 0.1) is 27.7 Å². The second-order valence-electron chi connectivity index (χ2n) is 6.92. The molecule has 1 unspecified atom stereocenters. The zero-order chi connectivity index (χ0) is 20.7. The Morgan fingerprint density at radius 3 is 2.69 bits per heavy atom. The molecule has 1 aromatic carbocycles. The molecule has 0 radical (unpaired) electrons. The smallest absolute Gasteiger partial charge is 0.259 e. The Labute approximate surface area is 180 Å². The summed E-state index contributed by atoms with van der Waals surface area (Å²) in [5.74, 6) is 0.660. The molecule has 0 amide bonds. The number of hydrogen-bond donors (Lipinski definition) is 2. The summed E-state index contributed by atoms with van der Waals surface area (Å²) in [6, 6.07) is 6.15. The molecule has 9 heteroatoms. The molecule has 2 N–H and O–H groups in total. The Hall–Kier alpha value is -2.23. The van der Waals surface area contributed by atoms with Crippen LogP contribution in [0.2, 0.25) is 0 Å². The van der Waals surface area contributed by atoms with Crippen molar-refractivity contribution in [2.75, 3.05) is 5.32 Å². The van der Waals surface area contributed by atoms with Crippen molar-refractivity contribution < 1.29 is 0 Å². The zero-order valence-corrected chi connectivity index (χ0v) is 19.2. The van der Waals surface area contributed by atoms with Crippen LogP contribution in [-0.4, -0.2) is 20.2 Å². The fourth-order valence-corrected chi connectivity index (χ4v) is 5.98. The third-order valence-corrected chi connectivity index (χ3v) is 8.11. The van der Waals surface area contributed by atoms with Crippen molar-refractivity contribution in [3.63, 3.8) is 0 Å². The fourth-order valence-electron chi connectivity index (χ4n) is 2.98. The number of nitrogens with one attached hydrogen (secondary N) is 2. The predicted molar refractivity (Wildman–Crippen MR) is 123 cm³/mol. The normalized spacial score (nSPS) is 12.4. The lowest BCUT2D eigenvalue weighted by Gasteiger charge is -2.08. The average molecular weight is 444 g/mol. The van der Waals surface area contributed by atoms with E-state index >= 15 is 0 Å². The number of aryl methyl sites for hydroxylation is 3. The predicted octanol–water partition coefficient (Wildman–Crippen LogP) is 5.67. The van der Waals surface area contributed by atoms with Gasteiger partial charge in [0, 0.05) is 10.6 Å². The number of thiophene rings is 1. The molecule has 4 aromatic rings. The Morgan fingerprint density at radius 2 is 1.90 bits per heavy atom. The summed E-state index contributed by atoms with van der Waals surface area (Å²) in [5.41, 5.74) is 4.39. The van der Waals surface area contributed by atoms with Crippen molar-refractivity contribution in [2.24, 2.45) is 0 Å². The highest BCUT2D eigenvalue weighted by molar-refractivity contribution is 8.01. The number of benzene rings is 1. The molecule has 4 rings (SSSR count). The van der Waals surface area contributed by atoms with Crippen molar-refractivity contribution in [1.82, 2.24) is 20.2 Å². The van der Waals surface area contributed by atoms with Crippen molar-refractivity contribution in [1.29, 1.82) is 0 Å². The Kier molecular flexibility index (Phi) is 5.46. The number of fused-ring (bicyclic) bond motifs is 1. The highest BCUT2D eigenvalue weighted by atomic mass is 32.2. The maximum atomic E-state index is 12.5. The van der Waals surface area contributed by atoms with E-state index in [-0.39, 0.29) is 10.8 Å². The van der Waals surface area contributed by atoms with E-state index in [1.807, 2.05) is 32.9 Å². The van der Waals surface area contributed by atoms with Gasteiger partial charge in [-0.1, -0.05) is 35.2 Å². The van der Waals surface area contributed by atoms with Crippen LogP contribution in [0.15, 0.2) is 27.3 Å². The van der Waals surface area contributed by atoms with Gasteiger partial charge in [-0.2, -0.15) is 0 Å². The maximum absolute atomic E-state index is 12.5. The Balaban J connectivity index is 1.53. The molecule has 0 aliphatic rings. The zero-order valence-electron chi connectivity index (χ0n) is 16.8. The van der Waals surface area contributed by atoms with E-state index in [4.69, 9.17) is 4.98 Å². The average Bonchev–Trinajstić information content (AvgIpc) is 3.23. The van der Waals surface area contributed by atoms with E-state index in [2.05, 4.69) is 40.4 Å². The van der Waals surface area contributed by atoms with Gasteiger partial charge in [-0.15, -0.1) is 21.5 Å². The van der Waals surface area contributed by atoms with Gasteiger partial charge >= 0.3 is 0 Å². The minimum absolute atomic E-state index is 0.0451. The first kappa shape index (κ1) is 20.1. The SMILES string of the molecule is Cc1cccc(Nc2nnc(SC(C)c3nc4sc(C)c(C)c4c(=O)[nH]3)s2)c1C. The van der Waals surface area contributed by atoms with Crippen LogP contribution >= 0.6 is 34.4 Å². The third-order valence-electron chi connectivity index (χ3n) is 4.97. The quantitative estimate of drug-likeness (QED) is 0.387. The lowest BCUT2D eigenvalue weighted by atomic mass is 10.1. The van der Waals surface area contributed by atoms with Gasteiger partial charge in [0.05, 0.1) is 10.6 Å². The van der Waals surface area contributed by atoms with Gasteiger partial charge < -0.3 is 10.3 Å². The van der Waals surface area contributed by atoms with Crippen LogP contribution in [0.1, 0.15) is 39.6 Å². The lowest BCUT2D eigenvalue weighted by molar-refractivity contribution is 0.919. The van der Waals surface area contributed by atoms with Crippen LogP contribution in [0.5, 0.6) is 0 Å². The summed E-state index contributed by atoms with van der Waals surface area (Å²) in [4.78, 5) is 22.1. The summed E-state index contributed by atoms with van der Waals surface area (Å²) in [6.07, 6.45) is 0. The molecular weight excluding hydrogens is 422 g/mol. The number of nitrogens with zero attached hydrogens (tertiary/aromatic N) is 3. The van der Waals surface area contributed by atoms with Gasteiger partial charge in [-0.25, -0.2) is 4.98 Å². The fraction of sp³-hybridized carbons (Fsp3) is 0.300. The molecule has 6 nitrogen and oxygen atoms in total. The number of thioether (sulfide) groups is 1. The first-order valence-electron chi connectivity index (χ1n) is 9.16. The number of hydrogen-bond acceptors (Lipinski definition) is 8. The highest BCUT2D eigenvalue weighted by Crippen LogP contribution is 2.37. The Morgan fingerprint density at radius 1 is 1.10 bits per heavy atom. The molecule has 3 aromatic heterocycles. The van der Waals surface area contributed by atoms with Gasteiger partial charge in [0.15, 0.2) is 4.34 Å². The van der Waals surface area contributed by atoms with Crippen molar-refractivity contribution in [3.05, 3.63) is 55.9 Å². The van der Waals surface area contributed by atoms with Gasteiger partial charge in [-0.3, -0.25) is 4.79 Å². The van der Waals surface area contributed by atoms with Crippen LogP contribution in [-0.2, 0) is 0 Å². The molecule has 1 atom stereocenters. The van der Waals surface area contributed by atoms with Crippen LogP contribution in [0.4, 0.5) is 10.8 Å². The molecule has 0 bridgehead atoms. The van der Waals surface area contributed by atoms with E-state index in [0.717, 1.165) is 30.4 Å². The molecule has 0 saturated heterocycles.